The Bertz CT molecular complexity index is 756. The monoisotopic (exact) mass is 296 g/mol. The summed E-state index contributed by atoms with van der Waals surface area (Å²) in [6.45, 7) is 4.41. The van der Waals surface area contributed by atoms with Crippen LogP contribution >= 0.6 is 0 Å². The van der Waals surface area contributed by atoms with E-state index in [1.54, 1.807) is 18.5 Å². The summed E-state index contributed by atoms with van der Waals surface area (Å²) in [6, 6.07) is 7.59. The van der Waals surface area contributed by atoms with Gasteiger partial charge in [-0.25, -0.2) is 4.98 Å². The molecule has 0 spiro atoms. The molecule has 0 aliphatic carbocycles. The molecular formula is C15H16N6O. The fourth-order valence-electron chi connectivity index (χ4n) is 1.95. The number of aryl methyl sites for hydroxylation is 2. The Balaban J connectivity index is 1.72. The zero-order valence-electron chi connectivity index (χ0n) is 12.4. The van der Waals surface area contributed by atoms with Gasteiger partial charge in [0.1, 0.15) is 11.6 Å². The quantitative estimate of drug-likeness (QED) is 0.748. The average molecular weight is 296 g/mol. The smallest absolute Gasteiger partial charge is 0.230 e. The van der Waals surface area contributed by atoms with Crippen molar-refractivity contribution in [1.29, 1.82) is 0 Å². The van der Waals surface area contributed by atoms with Crippen LogP contribution in [0.4, 0.5) is 17.6 Å². The molecule has 0 amide bonds. The highest BCUT2D eigenvalue weighted by atomic mass is 16.5. The second-order valence-electron chi connectivity index (χ2n) is 4.87. The van der Waals surface area contributed by atoms with Gasteiger partial charge < -0.3 is 15.2 Å². The summed E-state index contributed by atoms with van der Waals surface area (Å²) in [4.78, 5) is 12.8. The third-order valence-electron chi connectivity index (χ3n) is 2.95. The summed E-state index contributed by atoms with van der Waals surface area (Å²) < 4.78 is 5.01. The van der Waals surface area contributed by atoms with Crippen LogP contribution in [0.25, 0.3) is 0 Å². The largest absolute Gasteiger partial charge is 0.366 e. The Morgan fingerprint density at radius 1 is 1.05 bits per heavy atom. The van der Waals surface area contributed by atoms with Crippen molar-refractivity contribution in [3.05, 3.63) is 53.7 Å². The van der Waals surface area contributed by atoms with Crippen LogP contribution in [0.3, 0.4) is 0 Å². The van der Waals surface area contributed by atoms with Gasteiger partial charge in [0.15, 0.2) is 5.82 Å². The van der Waals surface area contributed by atoms with Gasteiger partial charge in [-0.2, -0.15) is 4.98 Å². The number of anilines is 3. The molecule has 0 aromatic carbocycles. The van der Waals surface area contributed by atoms with Gasteiger partial charge in [0.25, 0.3) is 0 Å². The number of pyridine rings is 1. The molecule has 0 fully saturated rings. The minimum Gasteiger partial charge on any atom is -0.366 e. The third-order valence-corrected chi connectivity index (χ3v) is 2.95. The Morgan fingerprint density at radius 3 is 2.59 bits per heavy atom. The molecule has 112 valence electrons. The zero-order valence-corrected chi connectivity index (χ0v) is 12.4. The first-order chi connectivity index (χ1) is 10.7. The van der Waals surface area contributed by atoms with E-state index in [0.29, 0.717) is 18.3 Å². The van der Waals surface area contributed by atoms with Crippen molar-refractivity contribution in [1.82, 2.24) is 20.1 Å². The van der Waals surface area contributed by atoms with E-state index in [-0.39, 0.29) is 0 Å². The van der Waals surface area contributed by atoms with Gasteiger partial charge in [-0.3, -0.25) is 4.98 Å². The number of nitrogens with zero attached hydrogens (tertiary/aromatic N) is 4. The van der Waals surface area contributed by atoms with Crippen LogP contribution in [0, 0.1) is 13.8 Å². The summed E-state index contributed by atoms with van der Waals surface area (Å²) in [7, 11) is 0. The van der Waals surface area contributed by atoms with E-state index in [2.05, 4.69) is 30.7 Å². The molecule has 3 heterocycles. The van der Waals surface area contributed by atoms with Crippen molar-refractivity contribution in [2.24, 2.45) is 0 Å². The summed E-state index contributed by atoms with van der Waals surface area (Å²) in [5.74, 6) is 2.53. The third kappa shape index (κ3) is 3.57. The second-order valence-corrected chi connectivity index (χ2v) is 4.87. The summed E-state index contributed by atoms with van der Waals surface area (Å²) >= 11 is 0. The lowest BCUT2D eigenvalue weighted by Gasteiger charge is -2.08. The predicted octanol–water partition coefficient (Wildman–Crippen LogP) is 2.83. The lowest BCUT2D eigenvalue weighted by atomic mass is 10.3. The van der Waals surface area contributed by atoms with Crippen molar-refractivity contribution < 1.29 is 4.52 Å². The van der Waals surface area contributed by atoms with Crippen molar-refractivity contribution in [3.8, 4) is 0 Å². The van der Waals surface area contributed by atoms with Crippen LogP contribution in [0.2, 0.25) is 0 Å². The van der Waals surface area contributed by atoms with E-state index in [9.17, 15) is 0 Å². The maximum absolute atomic E-state index is 5.01. The summed E-state index contributed by atoms with van der Waals surface area (Å²) in [5, 5.41) is 10.2. The maximum Gasteiger partial charge on any atom is 0.230 e. The van der Waals surface area contributed by atoms with E-state index in [1.165, 1.54) is 0 Å². The Labute approximate surface area is 127 Å². The number of hydrogen-bond acceptors (Lipinski definition) is 7. The lowest BCUT2D eigenvalue weighted by Crippen LogP contribution is -2.05. The Hall–Kier alpha value is -2.96. The second kappa shape index (κ2) is 6.21. The minimum absolute atomic E-state index is 0.477. The molecule has 3 aromatic heterocycles. The molecule has 0 saturated carbocycles. The first kappa shape index (κ1) is 14.0. The van der Waals surface area contributed by atoms with Gasteiger partial charge in [-0.05, 0) is 31.5 Å². The summed E-state index contributed by atoms with van der Waals surface area (Å²) in [5.41, 5.74) is 1.99. The number of nitrogens with one attached hydrogen (secondary N) is 2. The number of aromatic nitrogens is 4. The topological polar surface area (TPSA) is 88.8 Å². The normalized spacial score (nSPS) is 10.5. The molecule has 0 radical (unpaired) electrons. The maximum atomic E-state index is 5.01. The Morgan fingerprint density at radius 2 is 1.86 bits per heavy atom. The van der Waals surface area contributed by atoms with Gasteiger partial charge in [-0.1, -0.05) is 5.16 Å². The number of rotatable bonds is 5. The van der Waals surface area contributed by atoms with E-state index in [4.69, 9.17) is 4.52 Å². The van der Waals surface area contributed by atoms with Crippen LogP contribution in [-0.4, -0.2) is 20.1 Å². The molecule has 0 saturated heterocycles. The first-order valence-electron chi connectivity index (χ1n) is 6.88. The number of hydrogen-bond donors (Lipinski definition) is 2. The van der Waals surface area contributed by atoms with E-state index >= 15 is 0 Å². The van der Waals surface area contributed by atoms with Crippen LogP contribution in [0.1, 0.15) is 17.0 Å². The molecule has 3 aromatic rings. The molecule has 22 heavy (non-hydrogen) atoms. The molecule has 0 atom stereocenters. The van der Waals surface area contributed by atoms with Crippen molar-refractivity contribution in [2.75, 3.05) is 10.6 Å². The fourth-order valence-corrected chi connectivity index (χ4v) is 1.95. The van der Waals surface area contributed by atoms with Crippen molar-refractivity contribution in [3.63, 3.8) is 0 Å². The fraction of sp³-hybridized carbons (Fsp3) is 0.200. The van der Waals surface area contributed by atoms with Gasteiger partial charge in [-0.15, -0.1) is 0 Å². The molecule has 7 heteroatoms. The van der Waals surface area contributed by atoms with Gasteiger partial charge in [0, 0.05) is 36.8 Å². The highest BCUT2D eigenvalue weighted by Gasteiger charge is 2.06. The molecule has 0 aliphatic heterocycles. The van der Waals surface area contributed by atoms with E-state index < -0.39 is 0 Å². The van der Waals surface area contributed by atoms with Crippen molar-refractivity contribution >= 4 is 17.6 Å². The van der Waals surface area contributed by atoms with Gasteiger partial charge in [0.05, 0.1) is 0 Å². The van der Waals surface area contributed by atoms with Crippen LogP contribution in [0.5, 0.6) is 0 Å². The van der Waals surface area contributed by atoms with Crippen LogP contribution < -0.4 is 10.6 Å². The van der Waals surface area contributed by atoms with E-state index in [1.807, 2.05) is 32.0 Å². The minimum atomic E-state index is 0.477. The molecular weight excluding hydrogens is 280 g/mol. The van der Waals surface area contributed by atoms with Crippen LogP contribution in [-0.2, 0) is 6.54 Å². The lowest BCUT2D eigenvalue weighted by molar-refractivity contribution is 0.400. The van der Waals surface area contributed by atoms with Gasteiger partial charge >= 0.3 is 0 Å². The molecule has 7 nitrogen and oxygen atoms in total. The van der Waals surface area contributed by atoms with Crippen molar-refractivity contribution in [2.45, 2.75) is 20.4 Å². The highest BCUT2D eigenvalue weighted by Crippen LogP contribution is 2.16. The Kier molecular flexibility index (Phi) is 3.95. The molecule has 3 rings (SSSR count). The molecule has 0 bridgehead atoms. The molecule has 2 N–H and O–H groups in total. The van der Waals surface area contributed by atoms with E-state index in [0.717, 1.165) is 22.8 Å². The predicted molar refractivity (Wildman–Crippen MR) is 82.9 cm³/mol. The highest BCUT2D eigenvalue weighted by molar-refractivity contribution is 5.51. The van der Waals surface area contributed by atoms with Crippen LogP contribution in [0.15, 0.2) is 41.2 Å². The van der Waals surface area contributed by atoms with Gasteiger partial charge in [0.2, 0.25) is 5.95 Å². The first-order valence-corrected chi connectivity index (χ1v) is 6.88. The molecule has 0 unspecified atom stereocenters. The zero-order chi connectivity index (χ0) is 15.4. The SMILES string of the molecule is Cc1cc(NCc2ccncc2)nc(Nc2cc(C)on2)n1. The molecule has 0 aliphatic rings. The standard InChI is InChI=1S/C15H16N6O/c1-10-7-13(17-9-12-3-5-16-6-4-12)19-15(18-10)20-14-8-11(2)22-21-14/h3-8H,9H2,1-2H3,(H2,17,18,19,20,21). The summed E-state index contributed by atoms with van der Waals surface area (Å²) in [6.07, 6.45) is 3.53. The average Bonchev–Trinajstić information content (AvgIpc) is 2.91.